The van der Waals surface area contributed by atoms with Crippen LogP contribution in [0.4, 0.5) is 24.7 Å². The van der Waals surface area contributed by atoms with E-state index in [0.717, 1.165) is 13.3 Å². The second-order valence-corrected chi connectivity index (χ2v) is 12.0. The van der Waals surface area contributed by atoms with Crippen molar-refractivity contribution < 1.29 is 27.5 Å². The van der Waals surface area contributed by atoms with Gasteiger partial charge >= 0.3 is 12.1 Å². The van der Waals surface area contributed by atoms with E-state index in [9.17, 15) is 22.8 Å². The fourth-order valence-corrected chi connectivity index (χ4v) is 4.20. The number of aromatic nitrogens is 1. The number of nitrogen functional groups attached to an aromatic ring is 1. The Morgan fingerprint density at radius 2 is 1.60 bits per heavy atom. The lowest BCUT2D eigenvalue weighted by Gasteiger charge is -2.23. The maximum atomic E-state index is 13.6. The minimum atomic E-state index is -4.57. The number of nitrogens with two attached hydrogens (primary N) is 1. The van der Waals surface area contributed by atoms with Gasteiger partial charge in [-0.05, 0) is 52.2 Å². The van der Waals surface area contributed by atoms with Crippen molar-refractivity contribution in [3.8, 4) is 0 Å². The Bertz CT molecular complexity index is 1210. The lowest BCUT2D eigenvalue weighted by Crippen LogP contribution is -2.26. The predicted octanol–water partition coefficient (Wildman–Crippen LogP) is 9.69. The van der Waals surface area contributed by atoms with Crippen molar-refractivity contribution in [1.29, 1.82) is 5.41 Å². The molecule has 2 rings (SSSR count). The Hall–Kier alpha value is -3.43. The number of halogens is 3. The van der Waals surface area contributed by atoms with Crippen LogP contribution in [0.3, 0.4) is 0 Å². The molecular formula is C35H55F3N4O3. The van der Waals surface area contributed by atoms with Crippen LogP contribution in [-0.2, 0) is 14.3 Å². The van der Waals surface area contributed by atoms with E-state index in [1.807, 2.05) is 34.6 Å². The van der Waals surface area contributed by atoms with Gasteiger partial charge in [0.1, 0.15) is 11.4 Å². The number of benzene rings is 1. The number of unbranched alkanes of at least 4 members (excludes halogenated alkanes) is 2. The van der Waals surface area contributed by atoms with Gasteiger partial charge in [-0.25, -0.2) is 4.98 Å². The Balaban J connectivity index is 0.000000966. The van der Waals surface area contributed by atoms with E-state index >= 15 is 0 Å². The molecule has 7 nitrogen and oxygen atoms in total. The second-order valence-electron chi connectivity index (χ2n) is 12.0. The molecule has 2 aromatic rings. The van der Waals surface area contributed by atoms with Gasteiger partial charge in [-0.2, -0.15) is 13.2 Å². The van der Waals surface area contributed by atoms with Crippen LogP contribution < -0.4 is 11.1 Å². The van der Waals surface area contributed by atoms with Gasteiger partial charge in [0.2, 0.25) is 5.91 Å². The molecule has 0 aliphatic carbocycles. The van der Waals surface area contributed by atoms with Crippen LogP contribution in [0.5, 0.6) is 0 Å². The van der Waals surface area contributed by atoms with Gasteiger partial charge in [0.05, 0.1) is 11.6 Å². The average molecular weight is 637 g/mol. The SMILES string of the molecule is CC.CCC(C)C(=O)Nc1nccc(C(=N)c2ccccc2N)c1C(C)C(F)(F)F.CCCCCC(C)CC(=O)OC(C)(C)C. The van der Waals surface area contributed by atoms with Crippen LogP contribution in [0.2, 0.25) is 0 Å². The summed E-state index contributed by atoms with van der Waals surface area (Å²) in [7, 11) is 0. The summed E-state index contributed by atoms with van der Waals surface area (Å²) in [4.78, 5) is 27.7. The van der Waals surface area contributed by atoms with E-state index in [-0.39, 0.29) is 45.8 Å². The number of ether oxygens (including phenoxy) is 1. The zero-order valence-corrected chi connectivity index (χ0v) is 28.8. The minimum Gasteiger partial charge on any atom is -0.460 e. The number of para-hydroxylation sites is 1. The number of hydrogen-bond donors (Lipinski definition) is 3. The van der Waals surface area contributed by atoms with Crippen LogP contribution in [0, 0.1) is 17.2 Å². The number of amides is 1. The number of anilines is 2. The molecule has 1 aromatic carbocycles. The van der Waals surface area contributed by atoms with Gasteiger partial charge < -0.3 is 15.8 Å². The molecule has 0 aliphatic rings. The summed E-state index contributed by atoms with van der Waals surface area (Å²) in [5.74, 6) is -2.55. The Morgan fingerprint density at radius 1 is 1.00 bits per heavy atom. The van der Waals surface area contributed by atoms with E-state index in [2.05, 4.69) is 24.1 Å². The largest absolute Gasteiger partial charge is 0.460 e. The monoisotopic (exact) mass is 636 g/mol. The lowest BCUT2D eigenvalue weighted by atomic mass is 9.90. The number of carbonyl (C=O) groups excluding carboxylic acids is 2. The van der Waals surface area contributed by atoms with E-state index in [4.69, 9.17) is 15.9 Å². The number of hydrogen-bond acceptors (Lipinski definition) is 6. The maximum Gasteiger partial charge on any atom is 0.395 e. The van der Waals surface area contributed by atoms with Gasteiger partial charge in [0.15, 0.2) is 0 Å². The molecule has 0 bridgehead atoms. The molecule has 3 atom stereocenters. The zero-order valence-electron chi connectivity index (χ0n) is 28.8. The van der Waals surface area contributed by atoms with Gasteiger partial charge in [-0.15, -0.1) is 0 Å². The molecule has 0 saturated carbocycles. The van der Waals surface area contributed by atoms with Gasteiger partial charge in [0.25, 0.3) is 0 Å². The highest BCUT2D eigenvalue weighted by Gasteiger charge is 2.41. The fourth-order valence-electron chi connectivity index (χ4n) is 4.20. The summed E-state index contributed by atoms with van der Waals surface area (Å²) in [5, 5.41) is 11.0. The molecule has 0 spiro atoms. The highest BCUT2D eigenvalue weighted by Crippen LogP contribution is 2.40. The maximum absolute atomic E-state index is 13.6. The standard InChI is InChI=1S/C20H23F3N4O.C13H26O2.C2H6/c1-4-11(2)19(28)27-18-16(12(3)20(21,22)23)14(9-10-26-18)17(25)13-7-5-6-8-15(13)24;1-6-7-8-9-11(2)10-12(14)15-13(3,4)5;1-2/h5-12,25H,4,24H2,1-3H3,(H,26,27,28);11H,6-10H2,1-5H3;1-2H3. The summed E-state index contributed by atoms with van der Waals surface area (Å²) in [5.41, 5.74) is 5.75. The predicted molar refractivity (Wildman–Crippen MR) is 179 cm³/mol. The van der Waals surface area contributed by atoms with Crippen molar-refractivity contribution in [3.63, 3.8) is 0 Å². The number of carbonyl (C=O) groups is 2. The number of esters is 1. The Morgan fingerprint density at radius 3 is 2.11 bits per heavy atom. The first-order chi connectivity index (χ1) is 20.9. The van der Waals surface area contributed by atoms with Gasteiger partial charge in [-0.3, -0.25) is 15.0 Å². The molecule has 4 N–H and O–H groups in total. The summed E-state index contributed by atoms with van der Waals surface area (Å²) in [6.45, 7) is 18.5. The topological polar surface area (TPSA) is 118 Å². The summed E-state index contributed by atoms with van der Waals surface area (Å²) in [6, 6.07) is 7.81. The van der Waals surface area contributed by atoms with Crippen molar-refractivity contribution in [1.82, 2.24) is 4.98 Å². The molecule has 1 heterocycles. The van der Waals surface area contributed by atoms with Crippen molar-refractivity contribution >= 4 is 29.1 Å². The summed E-state index contributed by atoms with van der Waals surface area (Å²) < 4.78 is 46.0. The summed E-state index contributed by atoms with van der Waals surface area (Å²) in [6.07, 6.45) is 2.65. The molecule has 1 aromatic heterocycles. The third kappa shape index (κ3) is 14.9. The fraction of sp³-hybridized carbons (Fsp3) is 0.600. The Kier molecular flexibility index (Phi) is 18.3. The number of alkyl halides is 3. The average Bonchev–Trinajstić information content (AvgIpc) is 2.96. The Labute approximate surface area is 268 Å². The van der Waals surface area contributed by atoms with Gasteiger partial charge in [0, 0.05) is 40.9 Å². The molecule has 0 saturated heterocycles. The molecule has 0 radical (unpaired) electrons. The third-order valence-electron chi connectivity index (χ3n) is 6.95. The van der Waals surface area contributed by atoms with Crippen LogP contribution in [0.25, 0.3) is 0 Å². The number of nitrogens with one attached hydrogen (secondary N) is 2. The van der Waals surface area contributed by atoms with Crippen LogP contribution in [-0.4, -0.2) is 34.3 Å². The van der Waals surface area contributed by atoms with E-state index in [1.165, 1.54) is 31.5 Å². The highest BCUT2D eigenvalue weighted by atomic mass is 19.4. The van der Waals surface area contributed by atoms with Crippen LogP contribution in [0.1, 0.15) is 130 Å². The van der Waals surface area contributed by atoms with Crippen molar-refractivity contribution in [2.75, 3.05) is 11.1 Å². The quantitative estimate of drug-likeness (QED) is 0.0928. The van der Waals surface area contributed by atoms with E-state index in [0.29, 0.717) is 24.3 Å². The molecule has 3 unspecified atom stereocenters. The molecule has 0 fully saturated rings. The van der Waals surface area contributed by atoms with Gasteiger partial charge in [-0.1, -0.05) is 85.4 Å². The van der Waals surface area contributed by atoms with Crippen LogP contribution >= 0.6 is 0 Å². The van der Waals surface area contributed by atoms with Crippen molar-refractivity contribution in [3.05, 3.63) is 53.2 Å². The zero-order chi connectivity index (χ0) is 35.0. The van der Waals surface area contributed by atoms with Crippen molar-refractivity contribution in [2.24, 2.45) is 11.8 Å². The van der Waals surface area contributed by atoms with Crippen molar-refractivity contribution in [2.45, 2.75) is 125 Å². The first-order valence-electron chi connectivity index (χ1n) is 15.9. The lowest BCUT2D eigenvalue weighted by molar-refractivity contribution is -0.156. The summed E-state index contributed by atoms with van der Waals surface area (Å²) >= 11 is 0. The molecule has 0 aliphatic heterocycles. The molecule has 254 valence electrons. The molecule has 10 heteroatoms. The normalized spacial score (nSPS) is 13.2. The van der Waals surface area contributed by atoms with Crippen LogP contribution in [0.15, 0.2) is 36.5 Å². The third-order valence-corrected chi connectivity index (χ3v) is 6.95. The highest BCUT2D eigenvalue weighted by molar-refractivity contribution is 6.15. The first-order valence-corrected chi connectivity index (χ1v) is 15.9. The van der Waals surface area contributed by atoms with E-state index < -0.39 is 18.0 Å². The molecule has 45 heavy (non-hydrogen) atoms. The minimum absolute atomic E-state index is 0.0252. The second kappa shape index (κ2) is 19.9. The number of rotatable bonds is 12. The first kappa shape index (κ1) is 41.6. The molecular weight excluding hydrogens is 581 g/mol. The molecule has 1 amide bonds. The number of nitrogens with zero attached hydrogens (tertiary/aromatic N) is 1. The van der Waals surface area contributed by atoms with E-state index in [1.54, 1.807) is 38.1 Å². The number of pyridine rings is 1. The smallest absolute Gasteiger partial charge is 0.395 e.